The Morgan fingerprint density at radius 2 is 1.72 bits per heavy atom. The fourth-order valence-corrected chi connectivity index (χ4v) is 2.28. The first-order valence-corrected chi connectivity index (χ1v) is 6.79. The second-order valence-corrected chi connectivity index (χ2v) is 4.21. The highest BCUT2D eigenvalue weighted by atomic mass is 16.1. The summed E-state index contributed by atoms with van der Waals surface area (Å²) in [6.45, 7) is 9.51. The number of benzene rings is 1. The van der Waals surface area contributed by atoms with Gasteiger partial charge in [-0.3, -0.25) is 9.69 Å². The number of rotatable bonds is 3. The highest BCUT2D eigenvalue weighted by Crippen LogP contribution is 2.21. The molecule has 0 spiro atoms. The number of hydrogen-bond acceptors (Lipinski definition) is 3. The Balaban J connectivity index is 0.000000771. The zero-order valence-electron chi connectivity index (χ0n) is 11.6. The smallest absolute Gasteiger partial charge is 0.151 e. The maximum atomic E-state index is 11.8. The third kappa shape index (κ3) is 3.93. The van der Waals surface area contributed by atoms with Crippen molar-refractivity contribution in [1.82, 2.24) is 10.2 Å². The molecule has 1 atom stereocenters. The van der Waals surface area contributed by atoms with Crippen LogP contribution in [-0.4, -0.2) is 36.9 Å². The van der Waals surface area contributed by atoms with Gasteiger partial charge in [0, 0.05) is 26.2 Å². The maximum Gasteiger partial charge on any atom is 0.151 e. The zero-order valence-corrected chi connectivity index (χ0v) is 11.6. The molecule has 1 saturated heterocycles. The third-order valence-electron chi connectivity index (χ3n) is 3.02. The fraction of sp³-hybridized carbons (Fsp3) is 0.533. The Kier molecular flexibility index (Phi) is 6.61. The van der Waals surface area contributed by atoms with Crippen LogP contribution in [0, 0.1) is 0 Å². The normalized spacial score (nSPS) is 17.5. The van der Waals surface area contributed by atoms with Crippen molar-refractivity contribution in [2.24, 2.45) is 0 Å². The van der Waals surface area contributed by atoms with Gasteiger partial charge >= 0.3 is 0 Å². The van der Waals surface area contributed by atoms with Crippen LogP contribution in [0.4, 0.5) is 0 Å². The molecule has 0 aliphatic carbocycles. The third-order valence-corrected chi connectivity index (χ3v) is 3.02. The molecular weight excluding hydrogens is 224 g/mol. The summed E-state index contributed by atoms with van der Waals surface area (Å²) >= 11 is 0. The van der Waals surface area contributed by atoms with E-state index in [4.69, 9.17) is 0 Å². The summed E-state index contributed by atoms with van der Waals surface area (Å²) in [6, 6.07) is 9.98. The lowest BCUT2D eigenvalue weighted by atomic mass is 10.0. The van der Waals surface area contributed by atoms with Crippen molar-refractivity contribution < 1.29 is 4.79 Å². The van der Waals surface area contributed by atoms with Crippen molar-refractivity contribution in [1.29, 1.82) is 0 Å². The SMILES string of the molecule is CC.CC(=O)C(c1ccccc1)N1CCNCC1. The Morgan fingerprint density at radius 1 is 1.17 bits per heavy atom. The van der Waals surface area contributed by atoms with Gasteiger partial charge in [-0.15, -0.1) is 0 Å². The van der Waals surface area contributed by atoms with E-state index < -0.39 is 0 Å². The summed E-state index contributed by atoms with van der Waals surface area (Å²) < 4.78 is 0. The number of ketones is 1. The molecule has 1 heterocycles. The van der Waals surface area contributed by atoms with Crippen molar-refractivity contribution in [2.45, 2.75) is 26.8 Å². The maximum absolute atomic E-state index is 11.8. The van der Waals surface area contributed by atoms with Gasteiger partial charge in [0.05, 0.1) is 6.04 Å². The molecule has 1 N–H and O–H groups in total. The lowest BCUT2D eigenvalue weighted by Gasteiger charge is -2.33. The van der Waals surface area contributed by atoms with Crippen LogP contribution in [0.2, 0.25) is 0 Å². The lowest BCUT2D eigenvalue weighted by Crippen LogP contribution is -2.46. The number of carbonyl (C=O) groups is 1. The van der Waals surface area contributed by atoms with Gasteiger partial charge in [-0.25, -0.2) is 0 Å². The van der Waals surface area contributed by atoms with Gasteiger partial charge in [0.1, 0.15) is 0 Å². The molecular formula is C15H24N2O. The molecule has 1 unspecified atom stereocenters. The van der Waals surface area contributed by atoms with E-state index in [2.05, 4.69) is 10.2 Å². The molecule has 0 amide bonds. The van der Waals surface area contributed by atoms with E-state index in [1.807, 2.05) is 44.2 Å². The summed E-state index contributed by atoms with van der Waals surface area (Å²) in [5.41, 5.74) is 1.11. The second kappa shape index (κ2) is 8.01. The molecule has 1 aliphatic rings. The predicted molar refractivity (Wildman–Crippen MR) is 75.7 cm³/mol. The Labute approximate surface area is 110 Å². The van der Waals surface area contributed by atoms with Gasteiger partial charge in [-0.2, -0.15) is 0 Å². The molecule has 18 heavy (non-hydrogen) atoms. The zero-order chi connectivity index (χ0) is 13.4. The van der Waals surface area contributed by atoms with E-state index in [0.717, 1.165) is 31.7 Å². The highest BCUT2D eigenvalue weighted by Gasteiger charge is 2.25. The Morgan fingerprint density at radius 3 is 2.22 bits per heavy atom. The monoisotopic (exact) mass is 248 g/mol. The average molecular weight is 248 g/mol. The van der Waals surface area contributed by atoms with Crippen LogP contribution < -0.4 is 5.32 Å². The molecule has 0 aromatic heterocycles. The van der Waals surface area contributed by atoms with Crippen LogP contribution in [-0.2, 0) is 4.79 Å². The molecule has 1 aromatic rings. The van der Waals surface area contributed by atoms with E-state index in [9.17, 15) is 4.79 Å². The van der Waals surface area contributed by atoms with Gasteiger partial charge in [-0.1, -0.05) is 44.2 Å². The van der Waals surface area contributed by atoms with Crippen molar-refractivity contribution in [3.8, 4) is 0 Å². The summed E-state index contributed by atoms with van der Waals surface area (Å²) in [7, 11) is 0. The van der Waals surface area contributed by atoms with Crippen LogP contribution in [0.5, 0.6) is 0 Å². The first kappa shape index (κ1) is 14.9. The number of nitrogens with zero attached hydrogens (tertiary/aromatic N) is 1. The minimum atomic E-state index is -0.0664. The number of carbonyl (C=O) groups excluding carboxylic acids is 1. The predicted octanol–water partition coefficient (Wildman–Crippen LogP) is 2.25. The first-order valence-electron chi connectivity index (χ1n) is 6.79. The Bertz CT molecular complexity index is 345. The molecule has 3 nitrogen and oxygen atoms in total. The van der Waals surface area contributed by atoms with Crippen molar-refractivity contribution in [3.05, 3.63) is 35.9 Å². The van der Waals surface area contributed by atoms with Crippen LogP contribution in [0.1, 0.15) is 32.4 Å². The van der Waals surface area contributed by atoms with Gasteiger partial charge in [0.15, 0.2) is 5.78 Å². The number of hydrogen-bond donors (Lipinski definition) is 1. The topological polar surface area (TPSA) is 32.3 Å². The second-order valence-electron chi connectivity index (χ2n) is 4.21. The van der Waals surface area contributed by atoms with E-state index in [0.29, 0.717) is 0 Å². The lowest BCUT2D eigenvalue weighted by molar-refractivity contribution is -0.122. The number of piperazine rings is 1. The van der Waals surface area contributed by atoms with Crippen LogP contribution in [0.15, 0.2) is 30.3 Å². The van der Waals surface area contributed by atoms with Gasteiger partial charge in [0.25, 0.3) is 0 Å². The molecule has 0 bridgehead atoms. The molecule has 0 saturated carbocycles. The van der Waals surface area contributed by atoms with Crippen LogP contribution in [0.25, 0.3) is 0 Å². The number of Topliss-reactive ketones (excluding diaryl/α,β-unsaturated/α-hetero) is 1. The van der Waals surface area contributed by atoms with Crippen molar-refractivity contribution in [3.63, 3.8) is 0 Å². The van der Waals surface area contributed by atoms with Crippen LogP contribution >= 0.6 is 0 Å². The summed E-state index contributed by atoms with van der Waals surface area (Å²) in [4.78, 5) is 14.0. The van der Waals surface area contributed by atoms with Crippen molar-refractivity contribution in [2.75, 3.05) is 26.2 Å². The van der Waals surface area contributed by atoms with E-state index in [1.54, 1.807) is 6.92 Å². The molecule has 3 heteroatoms. The molecule has 0 radical (unpaired) electrons. The molecule has 1 aromatic carbocycles. The molecule has 100 valence electrons. The van der Waals surface area contributed by atoms with E-state index in [-0.39, 0.29) is 11.8 Å². The standard InChI is InChI=1S/C13H18N2O.C2H6/c1-11(16)13(12-5-3-2-4-6-12)15-9-7-14-8-10-15;1-2/h2-6,13-14H,7-10H2,1H3;1-2H3. The summed E-state index contributed by atoms with van der Waals surface area (Å²) in [5, 5.41) is 3.31. The summed E-state index contributed by atoms with van der Waals surface area (Å²) in [6.07, 6.45) is 0. The summed E-state index contributed by atoms with van der Waals surface area (Å²) in [5.74, 6) is 0.230. The van der Waals surface area contributed by atoms with Crippen LogP contribution in [0.3, 0.4) is 0 Å². The van der Waals surface area contributed by atoms with E-state index >= 15 is 0 Å². The molecule has 1 fully saturated rings. The first-order chi connectivity index (χ1) is 8.79. The van der Waals surface area contributed by atoms with E-state index in [1.165, 1.54) is 0 Å². The minimum Gasteiger partial charge on any atom is -0.314 e. The molecule has 1 aliphatic heterocycles. The molecule has 2 rings (SSSR count). The largest absolute Gasteiger partial charge is 0.314 e. The fourth-order valence-electron chi connectivity index (χ4n) is 2.28. The quantitative estimate of drug-likeness (QED) is 0.890. The minimum absolute atomic E-state index is 0.0664. The van der Waals surface area contributed by atoms with Crippen molar-refractivity contribution >= 4 is 5.78 Å². The Hall–Kier alpha value is -1.19. The van der Waals surface area contributed by atoms with Gasteiger partial charge in [0.2, 0.25) is 0 Å². The van der Waals surface area contributed by atoms with Gasteiger partial charge < -0.3 is 5.32 Å². The number of nitrogens with one attached hydrogen (secondary N) is 1. The average Bonchev–Trinajstić information content (AvgIpc) is 2.43. The highest BCUT2D eigenvalue weighted by molar-refractivity contribution is 5.82. The van der Waals surface area contributed by atoms with Gasteiger partial charge in [-0.05, 0) is 12.5 Å².